The van der Waals surface area contributed by atoms with Crippen LogP contribution < -0.4 is 5.32 Å². The molecule has 0 aromatic heterocycles. The van der Waals surface area contributed by atoms with E-state index in [-0.39, 0.29) is 11.7 Å². The smallest absolute Gasteiger partial charge is 0.216 e. The van der Waals surface area contributed by atoms with Crippen LogP contribution in [0.4, 0.5) is 0 Å². The van der Waals surface area contributed by atoms with E-state index >= 15 is 0 Å². The van der Waals surface area contributed by atoms with Crippen LogP contribution in [0.3, 0.4) is 0 Å². The molecular weight excluding hydrogens is 238 g/mol. The summed E-state index contributed by atoms with van der Waals surface area (Å²) >= 11 is 0. The highest BCUT2D eigenvalue weighted by Gasteiger charge is 2.16. The molecule has 0 spiro atoms. The van der Waals surface area contributed by atoms with Gasteiger partial charge >= 0.3 is 0 Å². The van der Waals surface area contributed by atoms with Crippen LogP contribution in [0.2, 0.25) is 0 Å². The Bertz CT molecular complexity index is 517. The van der Waals surface area contributed by atoms with Crippen LogP contribution in [0.25, 0.3) is 6.08 Å². The lowest BCUT2D eigenvalue weighted by atomic mass is 9.89. The summed E-state index contributed by atoms with van der Waals surface area (Å²) < 4.78 is 0. The van der Waals surface area contributed by atoms with Gasteiger partial charge in [0.2, 0.25) is 5.91 Å². The fourth-order valence-electron chi connectivity index (χ4n) is 2.30. The quantitative estimate of drug-likeness (QED) is 0.843. The van der Waals surface area contributed by atoms with Crippen LogP contribution in [0.15, 0.2) is 24.3 Å². The van der Waals surface area contributed by atoms with E-state index in [1.165, 1.54) is 12.5 Å². The zero-order valence-corrected chi connectivity index (χ0v) is 11.2. The number of hydrogen-bond donors (Lipinski definition) is 1. The Kier molecular flexibility index (Phi) is 4.50. The summed E-state index contributed by atoms with van der Waals surface area (Å²) in [6.07, 6.45) is 7.47. The van der Waals surface area contributed by atoms with Gasteiger partial charge in [0.1, 0.15) is 0 Å². The predicted octanol–water partition coefficient (Wildman–Crippen LogP) is 2.75. The Morgan fingerprint density at radius 1 is 1.37 bits per heavy atom. The second-order valence-corrected chi connectivity index (χ2v) is 4.87. The average Bonchev–Trinajstić information content (AvgIpc) is 2.39. The lowest BCUT2D eigenvalue weighted by Crippen LogP contribution is -2.20. The Morgan fingerprint density at radius 2 is 2.21 bits per heavy atom. The number of aryl methyl sites for hydroxylation is 1. The maximum atomic E-state index is 11.8. The van der Waals surface area contributed by atoms with Gasteiger partial charge in [-0.25, -0.2) is 0 Å². The highest BCUT2D eigenvalue weighted by atomic mass is 16.1. The molecule has 100 valence electrons. The molecule has 19 heavy (non-hydrogen) atoms. The van der Waals surface area contributed by atoms with E-state index in [0.29, 0.717) is 13.0 Å². The van der Waals surface area contributed by atoms with Crippen LogP contribution in [0, 0.1) is 0 Å². The van der Waals surface area contributed by atoms with E-state index in [1.54, 1.807) is 0 Å². The Hall–Kier alpha value is -1.90. The standard InChI is InChI=1S/C16H19NO2/c1-12(18)17-10-3-2-5-13-8-9-14-6-4-7-16(19)15(14)11-13/h2,5,8-9,11H,3-4,6-7,10H2,1H3,(H,17,18). The summed E-state index contributed by atoms with van der Waals surface area (Å²) in [5.41, 5.74) is 3.11. The highest BCUT2D eigenvalue weighted by molar-refractivity contribution is 5.98. The normalized spacial score (nSPS) is 14.5. The minimum absolute atomic E-state index is 0.00669. The molecule has 0 unspecified atom stereocenters. The van der Waals surface area contributed by atoms with E-state index < -0.39 is 0 Å². The number of Topliss-reactive ketones (excluding diaryl/α,β-unsaturated/α-hetero) is 1. The molecule has 1 aromatic rings. The van der Waals surface area contributed by atoms with Crippen molar-refractivity contribution in [2.45, 2.75) is 32.6 Å². The molecule has 2 rings (SSSR count). The third-order valence-electron chi connectivity index (χ3n) is 3.28. The summed E-state index contributed by atoms with van der Waals surface area (Å²) in [6, 6.07) is 6.08. The van der Waals surface area contributed by atoms with Crippen molar-refractivity contribution in [3.8, 4) is 0 Å². The Balaban J connectivity index is 1.98. The third kappa shape index (κ3) is 3.78. The Labute approximate surface area is 113 Å². The van der Waals surface area contributed by atoms with E-state index in [0.717, 1.165) is 30.4 Å². The summed E-state index contributed by atoms with van der Waals surface area (Å²) in [4.78, 5) is 22.5. The van der Waals surface area contributed by atoms with Gasteiger partial charge in [0, 0.05) is 25.5 Å². The molecule has 1 amide bonds. The summed E-state index contributed by atoms with van der Waals surface area (Å²) in [5, 5.41) is 2.74. The molecule has 1 aliphatic rings. The largest absolute Gasteiger partial charge is 0.356 e. The number of carbonyl (C=O) groups excluding carboxylic acids is 2. The van der Waals surface area contributed by atoms with Crippen molar-refractivity contribution in [3.05, 3.63) is 41.0 Å². The number of fused-ring (bicyclic) bond motifs is 1. The van der Waals surface area contributed by atoms with Crippen molar-refractivity contribution in [2.24, 2.45) is 0 Å². The van der Waals surface area contributed by atoms with E-state index in [4.69, 9.17) is 0 Å². The fraction of sp³-hybridized carbons (Fsp3) is 0.375. The van der Waals surface area contributed by atoms with Gasteiger partial charge in [-0.15, -0.1) is 0 Å². The molecule has 1 aromatic carbocycles. The maximum Gasteiger partial charge on any atom is 0.216 e. The first kappa shape index (κ1) is 13.5. The highest BCUT2D eigenvalue weighted by Crippen LogP contribution is 2.22. The molecule has 0 saturated heterocycles. The SMILES string of the molecule is CC(=O)NCCC=Cc1ccc2c(c1)C(=O)CCC2. The zero-order valence-electron chi connectivity index (χ0n) is 11.2. The topological polar surface area (TPSA) is 46.2 Å². The van der Waals surface area contributed by atoms with Gasteiger partial charge in [-0.2, -0.15) is 0 Å². The number of rotatable bonds is 4. The average molecular weight is 257 g/mol. The molecule has 3 heteroatoms. The number of benzene rings is 1. The number of nitrogens with one attached hydrogen (secondary N) is 1. The molecule has 0 atom stereocenters. The second kappa shape index (κ2) is 6.32. The fourth-order valence-corrected chi connectivity index (χ4v) is 2.30. The van der Waals surface area contributed by atoms with Gasteiger partial charge in [0.15, 0.2) is 5.78 Å². The van der Waals surface area contributed by atoms with Crippen molar-refractivity contribution in [1.29, 1.82) is 0 Å². The number of ketones is 1. The molecule has 3 nitrogen and oxygen atoms in total. The number of amides is 1. The van der Waals surface area contributed by atoms with Gasteiger partial charge in [0.05, 0.1) is 0 Å². The first-order valence-electron chi connectivity index (χ1n) is 6.74. The zero-order chi connectivity index (χ0) is 13.7. The number of carbonyl (C=O) groups is 2. The number of hydrogen-bond acceptors (Lipinski definition) is 2. The predicted molar refractivity (Wildman–Crippen MR) is 76.0 cm³/mol. The molecule has 0 radical (unpaired) electrons. The summed E-state index contributed by atoms with van der Waals surface area (Å²) in [6.45, 7) is 2.16. The van der Waals surface area contributed by atoms with Gasteiger partial charge in [-0.05, 0) is 36.5 Å². The van der Waals surface area contributed by atoms with E-state index in [1.807, 2.05) is 24.3 Å². The Morgan fingerprint density at radius 3 is 3.00 bits per heavy atom. The van der Waals surface area contributed by atoms with E-state index in [2.05, 4.69) is 11.4 Å². The van der Waals surface area contributed by atoms with Crippen molar-refractivity contribution in [3.63, 3.8) is 0 Å². The van der Waals surface area contributed by atoms with Crippen molar-refractivity contribution in [2.75, 3.05) is 6.54 Å². The second-order valence-electron chi connectivity index (χ2n) is 4.87. The van der Waals surface area contributed by atoms with Crippen molar-refractivity contribution >= 4 is 17.8 Å². The molecular formula is C16H19NO2. The van der Waals surface area contributed by atoms with Gasteiger partial charge in [-0.3, -0.25) is 9.59 Å². The third-order valence-corrected chi connectivity index (χ3v) is 3.28. The lowest BCUT2D eigenvalue weighted by Gasteiger charge is -2.14. The summed E-state index contributed by atoms with van der Waals surface area (Å²) in [7, 11) is 0. The first-order chi connectivity index (χ1) is 9.16. The molecule has 1 aliphatic carbocycles. The monoisotopic (exact) mass is 257 g/mol. The maximum absolute atomic E-state index is 11.8. The van der Waals surface area contributed by atoms with Crippen LogP contribution in [-0.4, -0.2) is 18.2 Å². The molecule has 0 aliphatic heterocycles. The van der Waals surface area contributed by atoms with Crippen molar-refractivity contribution < 1.29 is 9.59 Å². The molecule has 0 fully saturated rings. The van der Waals surface area contributed by atoms with E-state index in [9.17, 15) is 9.59 Å². The van der Waals surface area contributed by atoms with Gasteiger partial charge in [-0.1, -0.05) is 24.3 Å². The summed E-state index contributed by atoms with van der Waals surface area (Å²) in [5.74, 6) is 0.252. The molecule has 0 heterocycles. The van der Waals surface area contributed by atoms with Crippen LogP contribution in [0.5, 0.6) is 0 Å². The van der Waals surface area contributed by atoms with Gasteiger partial charge < -0.3 is 5.32 Å². The van der Waals surface area contributed by atoms with Crippen molar-refractivity contribution in [1.82, 2.24) is 5.32 Å². The molecule has 0 saturated carbocycles. The first-order valence-corrected chi connectivity index (χ1v) is 6.74. The van der Waals surface area contributed by atoms with Crippen LogP contribution in [0.1, 0.15) is 47.7 Å². The molecule has 0 bridgehead atoms. The van der Waals surface area contributed by atoms with Crippen LogP contribution >= 0.6 is 0 Å². The van der Waals surface area contributed by atoms with Crippen LogP contribution in [-0.2, 0) is 11.2 Å². The van der Waals surface area contributed by atoms with Gasteiger partial charge in [0.25, 0.3) is 0 Å². The minimum Gasteiger partial charge on any atom is -0.356 e. The minimum atomic E-state index is -0.00669. The molecule has 1 N–H and O–H groups in total. The lowest BCUT2D eigenvalue weighted by molar-refractivity contribution is -0.118.